The van der Waals surface area contributed by atoms with Gasteiger partial charge in [0.2, 0.25) is 11.8 Å². The quantitative estimate of drug-likeness (QED) is 0.119. The van der Waals surface area contributed by atoms with Crippen molar-refractivity contribution >= 4 is 35.3 Å². The fourth-order valence-corrected chi connectivity index (χ4v) is 3.85. The number of hydrogen-bond acceptors (Lipinski definition) is 7. The van der Waals surface area contributed by atoms with Crippen molar-refractivity contribution in [3.8, 4) is 17.2 Å². The van der Waals surface area contributed by atoms with E-state index in [-0.39, 0.29) is 25.4 Å². The Kier molecular flexibility index (Phi) is 12.7. The molecule has 3 aromatic rings. The topological polar surface area (TPSA) is 127 Å². The maximum atomic E-state index is 13.1. The van der Waals surface area contributed by atoms with E-state index in [0.29, 0.717) is 59.4 Å². The van der Waals surface area contributed by atoms with Gasteiger partial charge in [-0.3, -0.25) is 14.4 Å². The molecule has 10 nitrogen and oxygen atoms in total. The van der Waals surface area contributed by atoms with Crippen molar-refractivity contribution in [1.82, 2.24) is 5.43 Å². The van der Waals surface area contributed by atoms with E-state index in [2.05, 4.69) is 27.7 Å². The van der Waals surface area contributed by atoms with E-state index in [1.807, 2.05) is 13.8 Å². The van der Waals surface area contributed by atoms with Crippen LogP contribution in [0.25, 0.3) is 0 Å². The highest BCUT2D eigenvalue weighted by molar-refractivity contribution is 5.93. The number of hydrogen-bond donors (Lipinski definition) is 3. The van der Waals surface area contributed by atoms with Crippen molar-refractivity contribution in [1.29, 1.82) is 0 Å². The zero-order valence-corrected chi connectivity index (χ0v) is 24.2. The molecule has 0 saturated heterocycles. The van der Waals surface area contributed by atoms with Crippen molar-refractivity contribution in [2.75, 3.05) is 30.5 Å². The van der Waals surface area contributed by atoms with Crippen LogP contribution in [-0.2, 0) is 20.8 Å². The second-order valence-electron chi connectivity index (χ2n) is 9.08. The molecular formula is C32H35FN4O6. The molecule has 0 aliphatic rings. The summed E-state index contributed by atoms with van der Waals surface area (Å²) in [5, 5.41) is 9.39. The number of carbonyl (C=O) groups is 3. The minimum Gasteiger partial charge on any atom is -0.494 e. The van der Waals surface area contributed by atoms with E-state index in [0.717, 1.165) is 0 Å². The largest absolute Gasteiger partial charge is 0.494 e. The van der Waals surface area contributed by atoms with Crippen LogP contribution in [-0.4, -0.2) is 43.8 Å². The summed E-state index contributed by atoms with van der Waals surface area (Å²) in [4.78, 5) is 36.9. The van der Waals surface area contributed by atoms with E-state index >= 15 is 0 Å². The van der Waals surface area contributed by atoms with E-state index in [1.54, 1.807) is 42.5 Å². The molecule has 43 heavy (non-hydrogen) atoms. The van der Waals surface area contributed by atoms with Crippen LogP contribution in [0, 0.1) is 5.82 Å². The molecular weight excluding hydrogens is 555 g/mol. The van der Waals surface area contributed by atoms with Gasteiger partial charge in [0.1, 0.15) is 11.6 Å². The van der Waals surface area contributed by atoms with Crippen molar-refractivity contribution < 1.29 is 33.0 Å². The minimum atomic E-state index is -0.430. The Labute approximate surface area is 249 Å². The van der Waals surface area contributed by atoms with Gasteiger partial charge in [-0.15, -0.1) is 6.58 Å². The van der Waals surface area contributed by atoms with Crippen LogP contribution < -0.4 is 30.3 Å². The lowest BCUT2D eigenvalue weighted by Crippen LogP contribution is -2.21. The Hall–Kier alpha value is -5.19. The first-order valence-electron chi connectivity index (χ1n) is 13.7. The van der Waals surface area contributed by atoms with Gasteiger partial charge in [0.15, 0.2) is 18.1 Å². The number of allylic oxidation sites excluding steroid dienone is 1. The number of hydrazone groups is 1. The Balaban J connectivity index is 1.57. The van der Waals surface area contributed by atoms with E-state index in [4.69, 9.17) is 14.2 Å². The van der Waals surface area contributed by atoms with Gasteiger partial charge in [-0.1, -0.05) is 6.08 Å². The molecule has 0 bridgehead atoms. The highest BCUT2D eigenvalue weighted by Crippen LogP contribution is 2.33. The van der Waals surface area contributed by atoms with Crippen LogP contribution in [0.2, 0.25) is 0 Å². The van der Waals surface area contributed by atoms with Gasteiger partial charge in [-0.05, 0) is 86.5 Å². The highest BCUT2D eigenvalue weighted by Gasteiger charge is 2.15. The zero-order chi connectivity index (χ0) is 31.0. The Bertz CT molecular complexity index is 1430. The highest BCUT2D eigenvalue weighted by atomic mass is 19.1. The van der Waals surface area contributed by atoms with Gasteiger partial charge in [0, 0.05) is 29.8 Å². The molecule has 0 radical (unpaired) electrons. The van der Waals surface area contributed by atoms with E-state index in [9.17, 15) is 18.8 Å². The maximum absolute atomic E-state index is 13.1. The molecule has 0 fully saturated rings. The average Bonchev–Trinajstić information content (AvgIpc) is 2.98. The molecule has 0 unspecified atom stereocenters. The molecule has 0 heterocycles. The molecule has 11 heteroatoms. The van der Waals surface area contributed by atoms with Gasteiger partial charge >= 0.3 is 0 Å². The number of anilines is 2. The standard InChI is InChI=1S/C32H35FN4O6/c1-4-7-23-18-22(19-28(42-6-3)32(23)43-21-31(40)36-25-10-8-24(33)9-11-25)20-34-37-30(39)17-16-29(38)35-26-12-14-27(15-13-26)41-5-2/h4,8-15,18-20H,1,5-7,16-17,21H2,2-3H3,(H,35,38)(H,36,40)(H,37,39). The third-order valence-electron chi connectivity index (χ3n) is 5.72. The molecule has 226 valence electrons. The van der Waals surface area contributed by atoms with Gasteiger partial charge < -0.3 is 24.8 Å². The van der Waals surface area contributed by atoms with Crippen molar-refractivity contribution in [2.45, 2.75) is 33.1 Å². The third kappa shape index (κ3) is 11.0. The second kappa shape index (κ2) is 16.9. The SMILES string of the molecule is C=CCc1cc(C=NNC(=O)CCC(=O)Nc2ccc(OCC)cc2)cc(OCC)c1OCC(=O)Nc1ccc(F)cc1. The monoisotopic (exact) mass is 590 g/mol. The van der Waals surface area contributed by atoms with E-state index in [1.165, 1.54) is 30.5 Å². The fraction of sp³-hybridized carbons (Fsp3) is 0.250. The Morgan fingerprint density at radius 3 is 2.12 bits per heavy atom. The van der Waals surface area contributed by atoms with Gasteiger partial charge in [-0.2, -0.15) is 5.10 Å². The fourth-order valence-electron chi connectivity index (χ4n) is 3.85. The molecule has 0 spiro atoms. The van der Waals surface area contributed by atoms with E-state index < -0.39 is 17.6 Å². The van der Waals surface area contributed by atoms with Crippen LogP contribution in [0.15, 0.2) is 78.4 Å². The van der Waals surface area contributed by atoms with Crippen molar-refractivity contribution in [2.24, 2.45) is 5.10 Å². The molecule has 0 atom stereocenters. The Morgan fingerprint density at radius 2 is 1.47 bits per heavy atom. The van der Waals surface area contributed by atoms with Crippen LogP contribution in [0.4, 0.5) is 15.8 Å². The van der Waals surface area contributed by atoms with Crippen LogP contribution in [0.3, 0.4) is 0 Å². The summed E-state index contributed by atoms with van der Waals surface area (Å²) in [6.07, 6.45) is 3.45. The number of benzene rings is 3. The summed E-state index contributed by atoms with van der Waals surface area (Å²) in [7, 11) is 0. The molecule has 3 N–H and O–H groups in total. The van der Waals surface area contributed by atoms with Crippen LogP contribution >= 0.6 is 0 Å². The summed E-state index contributed by atoms with van der Waals surface area (Å²) < 4.78 is 30.1. The lowest BCUT2D eigenvalue weighted by Gasteiger charge is -2.16. The molecule has 3 amide bonds. The molecule has 3 rings (SSSR count). The molecule has 0 aromatic heterocycles. The number of ether oxygens (including phenoxy) is 3. The summed E-state index contributed by atoms with van der Waals surface area (Å²) in [6, 6.07) is 15.8. The summed E-state index contributed by atoms with van der Waals surface area (Å²) >= 11 is 0. The minimum absolute atomic E-state index is 0.0205. The van der Waals surface area contributed by atoms with Crippen molar-refractivity contribution in [3.05, 3.63) is 90.3 Å². The molecule has 3 aromatic carbocycles. The molecule has 0 aliphatic carbocycles. The number of amides is 3. The van der Waals surface area contributed by atoms with Gasteiger partial charge in [0.25, 0.3) is 5.91 Å². The van der Waals surface area contributed by atoms with Gasteiger partial charge in [0.05, 0.1) is 19.4 Å². The summed E-state index contributed by atoms with van der Waals surface area (Å²) in [6.45, 7) is 8.06. The number of carbonyl (C=O) groups excluding carboxylic acids is 3. The number of rotatable bonds is 16. The number of nitrogens with zero attached hydrogens (tertiary/aromatic N) is 1. The first kappa shape index (κ1) is 32.3. The lowest BCUT2D eigenvalue weighted by atomic mass is 10.1. The number of nitrogens with one attached hydrogen (secondary N) is 3. The van der Waals surface area contributed by atoms with Crippen molar-refractivity contribution in [3.63, 3.8) is 0 Å². The molecule has 0 saturated carbocycles. The van der Waals surface area contributed by atoms with Gasteiger partial charge in [-0.25, -0.2) is 9.82 Å². The number of halogens is 1. The maximum Gasteiger partial charge on any atom is 0.262 e. The normalized spacial score (nSPS) is 10.6. The third-order valence-corrected chi connectivity index (χ3v) is 5.72. The zero-order valence-electron chi connectivity index (χ0n) is 24.2. The average molecular weight is 591 g/mol. The summed E-state index contributed by atoms with van der Waals surface area (Å²) in [5.41, 5.74) is 4.76. The smallest absolute Gasteiger partial charge is 0.262 e. The predicted octanol–water partition coefficient (Wildman–Crippen LogP) is 5.24. The molecule has 0 aliphatic heterocycles. The van der Waals surface area contributed by atoms with Crippen LogP contribution in [0.5, 0.6) is 17.2 Å². The summed E-state index contributed by atoms with van der Waals surface area (Å²) in [5.74, 6) is -0.111. The Morgan fingerprint density at radius 1 is 0.837 bits per heavy atom. The first-order chi connectivity index (χ1) is 20.8. The first-order valence-corrected chi connectivity index (χ1v) is 13.7. The second-order valence-corrected chi connectivity index (χ2v) is 9.08. The predicted molar refractivity (Wildman–Crippen MR) is 163 cm³/mol. The lowest BCUT2D eigenvalue weighted by molar-refractivity contribution is -0.124. The van der Waals surface area contributed by atoms with Crippen LogP contribution in [0.1, 0.15) is 37.8 Å².